The number of phenols is 1. The Hall–Kier alpha value is -3.34. The van der Waals surface area contributed by atoms with Crippen molar-refractivity contribution in [2.24, 2.45) is 0 Å². The minimum atomic E-state index is -0.886. The molecule has 3 atom stereocenters. The smallest absolute Gasteiger partial charge is 0.319 e. The van der Waals surface area contributed by atoms with E-state index in [1.54, 1.807) is 30.5 Å². The summed E-state index contributed by atoms with van der Waals surface area (Å²) in [5, 5.41) is 15.9. The standard InChI is InChI=1S/C30H31ClF2N6O2/c1-38(19-6-8-34-13-19)28-22-14-35-26(21-11-20(40)10-17-4-2-5-23(31)24(17)21)25(33)27(22)36-29(37-28)41-16-30-7-3-9-39(30)15-18(32)12-30/h2,4-5,10-11,14,18-19,34,40H,3,6-9,12-13,15-16H2,1H3/t18-,19-,30+/m1/s1. The predicted molar refractivity (Wildman–Crippen MR) is 155 cm³/mol. The van der Waals surface area contributed by atoms with Crippen molar-refractivity contribution >= 4 is 39.1 Å². The summed E-state index contributed by atoms with van der Waals surface area (Å²) < 4.78 is 37.1. The highest BCUT2D eigenvalue weighted by Gasteiger charge is 2.49. The Kier molecular flexibility index (Phi) is 6.59. The number of pyridine rings is 1. The largest absolute Gasteiger partial charge is 0.508 e. The summed E-state index contributed by atoms with van der Waals surface area (Å²) in [6.07, 6.45) is 3.84. The highest BCUT2D eigenvalue weighted by molar-refractivity contribution is 6.36. The van der Waals surface area contributed by atoms with E-state index in [1.165, 1.54) is 6.07 Å². The van der Waals surface area contributed by atoms with E-state index in [-0.39, 0.29) is 35.6 Å². The fraction of sp³-hybridized carbons (Fsp3) is 0.433. The Balaban J connectivity index is 1.36. The molecule has 3 fully saturated rings. The fourth-order valence-electron chi connectivity index (χ4n) is 6.89. The van der Waals surface area contributed by atoms with E-state index in [9.17, 15) is 9.50 Å². The number of nitrogens with zero attached hydrogens (tertiary/aromatic N) is 5. The number of phenolic OH excluding ortho intramolecular Hbond substituents is 1. The zero-order valence-electron chi connectivity index (χ0n) is 22.7. The molecule has 8 nitrogen and oxygen atoms in total. The summed E-state index contributed by atoms with van der Waals surface area (Å²) in [4.78, 5) is 18.0. The number of likely N-dealkylation sites (N-methyl/N-ethyl adjacent to an activating group) is 1. The van der Waals surface area contributed by atoms with Gasteiger partial charge in [-0.2, -0.15) is 9.97 Å². The quantitative estimate of drug-likeness (QED) is 0.326. The Morgan fingerprint density at radius 3 is 3.00 bits per heavy atom. The Bertz CT molecular complexity index is 1650. The fourth-order valence-corrected chi connectivity index (χ4v) is 7.17. The summed E-state index contributed by atoms with van der Waals surface area (Å²) in [6.45, 7) is 3.14. The predicted octanol–water partition coefficient (Wildman–Crippen LogP) is 5.10. The van der Waals surface area contributed by atoms with Gasteiger partial charge in [0.1, 0.15) is 35.6 Å². The van der Waals surface area contributed by atoms with Crippen molar-refractivity contribution in [3.8, 4) is 23.0 Å². The number of nitrogens with one attached hydrogen (secondary N) is 1. The molecule has 41 heavy (non-hydrogen) atoms. The van der Waals surface area contributed by atoms with Gasteiger partial charge in [0.15, 0.2) is 5.82 Å². The van der Waals surface area contributed by atoms with Gasteiger partial charge in [0.25, 0.3) is 0 Å². The lowest BCUT2D eigenvalue weighted by Crippen LogP contribution is -2.43. The number of rotatable bonds is 6. The topological polar surface area (TPSA) is 86.6 Å². The van der Waals surface area contributed by atoms with Crippen LogP contribution in [0.1, 0.15) is 25.7 Å². The number of ether oxygens (including phenoxy) is 1. The molecule has 0 bridgehead atoms. The highest BCUT2D eigenvalue weighted by Crippen LogP contribution is 2.42. The van der Waals surface area contributed by atoms with Crippen LogP contribution < -0.4 is 15.0 Å². The first kappa shape index (κ1) is 26.6. The van der Waals surface area contributed by atoms with Crippen molar-refractivity contribution < 1.29 is 18.6 Å². The molecule has 0 aliphatic carbocycles. The summed E-state index contributed by atoms with van der Waals surface area (Å²) in [7, 11) is 1.93. The van der Waals surface area contributed by atoms with E-state index in [0.717, 1.165) is 38.9 Å². The van der Waals surface area contributed by atoms with Crippen molar-refractivity contribution in [3.05, 3.63) is 47.4 Å². The van der Waals surface area contributed by atoms with Gasteiger partial charge in [-0.05, 0) is 55.9 Å². The number of hydrogen-bond donors (Lipinski definition) is 2. The van der Waals surface area contributed by atoms with E-state index in [0.29, 0.717) is 45.5 Å². The molecule has 3 aliphatic heterocycles. The van der Waals surface area contributed by atoms with Gasteiger partial charge >= 0.3 is 6.01 Å². The lowest BCUT2D eigenvalue weighted by molar-refractivity contribution is 0.107. The zero-order chi connectivity index (χ0) is 28.3. The van der Waals surface area contributed by atoms with Crippen LogP contribution >= 0.6 is 11.6 Å². The van der Waals surface area contributed by atoms with Crippen molar-refractivity contribution in [1.82, 2.24) is 25.2 Å². The number of hydrogen-bond acceptors (Lipinski definition) is 8. The van der Waals surface area contributed by atoms with Gasteiger partial charge in [0.2, 0.25) is 0 Å². The van der Waals surface area contributed by atoms with Crippen molar-refractivity contribution in [2.75, 3.05) is 44.7 Å². The van der Waals surface area contributed by atoms with E-state index >= 15 is 4.39 Å². The number of fused-ring (bicyclic) bond motifs is 3. The van der Waals surface area contributed by atoms with Crippen molar-refractivity contribution in [2.45, 2.75) is 43.4 Å². The van der Waals surface area contributed by atoms with Gasteiger partial charge in [-0.1, -0.05) is 23.7 Å². The second-order valence-electron chi connectivity index (χ2n) is 11.5. The normalized spacial score (nSPS) is 24.4. The first-order valence-corrected chi connectivity index (χ1v) is 14.4. The Labute approximate surface area is 241 Å². The first-order chi connectivity index (χ1) is 19.8. The summed E-state index contributed by atoms with van der Waals surface area (Å²) >= 11 is 6.54. The maximum Gasteiger partial charge on any atom is 0.319 e. The molecule has 2 N–H and O–H groups in total. The van der Waals surface area contributed by atoms with Crippen LogP contribution in [0.5, 0.6) is 11.8 Å². The lowest BCUT2D eigenvalue weighted by atomic mass is 9.95. The maximum absolute atomic E-state index is 16.5. The SMILES string of the molecule is CN(c1nc(OC[C@@]23CCCN2C[C@H](F)C3)nc2c(F)c(-c3cc(O)cc4cccc(Cl)c34)ncc12)[C@@H]1CCNC1. The van der Waals surface area contributed by atoms with Gasteiger partial charge in [-0.3, -0.25) is 9.88 Å². The van der Waals surface area contributed by atoms with Gasteiger partial charge in [-0.25, -0.2) is 8.78 Å². The molecule has 0 spiro atoms. The van der Waals surface area contributed by atoms with Crippen LogP contribution in [0.4, 0.5) is 14.6 Å². The van der Waals surface area contributed by atoms with Gasteiger partial charge in [0.05, 0.1) is 10.9 Å². The van der Waals surface area contributed by atoms with Crippen LogP contribution in [0.25, 0.3) is 32.9 Å². The molecule has 214 valence electrons. The summed E-state index contributed by atoms with van der Waals surface area (Å²) in [5.74, 6) is -0.169. The lowest BCUT2D eigenvalue weighted by Gasteiger charge is -2.31. The van der Waals surface area contributed by atoms with Crippen LogP contribution in [0.3, 0.4) is 0 Å². The average molecular weight is 581 g/mol. The minimum absolute atomic E-state index is 0.0175. The molecule has 5 heterocycles. The molecule has 7 rings (SSSR count). The van der Waals surface area contributed by atoms with E-state index in [2.05, 4.69) is 20.2 Å². The number of halogens is 3. The molecule has 2 aromatic carbocycles. The number of benzene rings is 2. The molecular weight excluding hydrogens is 550 g/mol. The third-order valence-electron chi connectivity index (χ3n) is 8.96. The number of anilines is 1. The zero-order valence-corrected chi connectivity index (χ0v) is 23.5. The molecule has 0 saturated carbocycles. The molecule has 3 aliphatic rings. The maximum atomic E-state index is 16.5. The van der Waals surface area contributed by atoms with E-state index < -0.39 is 17.5 Å². The molecule has 0 amide bonds. The van der Waals surface area contributed by atoms with E-state index in [1.807, 2.05) is 11.9 Å². The highest BCUT2D eigenvalue weighted by atomic mass is 35.5. The van der Waals surface area contributed by atoms with E-state index in [4.69, 9.17) is 21.3 Å². The van der Waals surface area contributed by atoms with Crippen LogP contribution in [-0.2, 0) is 0 Å². The third kappa shape index (κ3) is 4.52. The average Bonchev–Trinajstić information content (AvgIpc) is 3.68. The number of aromatic nitrogens is 3. The van der Waals surface area contributed by atoms with Crippen molar-refractivity contribution in [3.63, 3.8) is 0 Å². The third-order valence-corrected chi connectivity index (χ3v) is 9.27. The molecule has 0 unspecified atom stereocenters. The molecule has 4 aromatic rings. The molecule has 11 heteroatoms. The number of aromatic hydroxyl groups is 1. The molecule has 0 radical (unpaired) electrons. The monoisotopic (exact) mass is 580 g/mol. The van der Waals surface area contributed by atoms with Crippen LogP contribution in [0.2, 0.25) is 5.02 Å². The molecule has 2 aromatic heterocycles. The Morgan fingerprint density at radius 2 is 2.17 bits per heavy atom. The van der Waals surface area contributed by atoms with Crippen LogP contribution in [0.15, 0.2) is 36.5 Å². The van der Waals surface area contributed by atoms with Crippen molar-refractivity contribution in [1.29, 1.82) is 0 Å². The first-order valence-electron chi connectivity index (χ1n) is 14.1. The molecule has 3 saturated heterocycles. The second-order valence-corrected chi connectivity index (χ2v) is 11.9. The summed E-state index contributed by atoms with van der Waals surface area (Å²) in [5.41, 5.74) is 0.0514. The van der Waals surface area contributed by atoms with Gasteiger partial charge < -0.3 is 20.1 Å². The van der Waals surface area contributed by atoms with Crippen LogP contribution in [0, 0.1) is 5.82 Å². The Morgan fingerprint density at radius 1 is 1.29 bits per heavy atom. The second kappa shape index (κ2) is 10.2. The van der Waals surface area contributed by atoms with Crippen LogP contribution in [-0.4, -0.2) is 82.5 Å². The van der Waals surface area contributed by atoms with Gasteiger partial charge in [0, 0.05) is 54.8 Å². The van der Waals surface area contributed by atoms with Gasteiger partial charge in [-0.15, -0.1) is 0 Å². The minimum Gasteiger partial charge on any atom is -0.508 e. The molecular formula is C30H31ClF2N6O2. The number of alkyl halides is 1. The summed E-state index contributed by atoms with van der Waals surface area (Å²) in [6, 6.07) is 8.54.